The predicted octanol–water partition coefficient (Wildman–Crippen LogP) is 4.68. The molecule has 0 fully saturated rings. The second kappa shape index (κ2) is 7.86. The summed E-state index contributed by atoms with van der Waals surface area (Å²) in [6.45, 7) is 9.43. The molecule has 30 heavy (non-hydrogen) atoms. The standard InChI is InChI=1S/C24H28N4O2/c1-5-18-8-6-7-15(2)21(18)12-25-22-11-19(24(30)27-10-9-20(29)14-27)13-28-17(4)16(3)26-23(22)28/h6-8,11,13-14,25,29H,5,9-10,12H2,1-4H3. The van der Waals surface area contributed by atoms with Crippen LogP contribution < -0.4 is 5.32 Å². The number of aryl methyl sites for hydroxylation is 4. The van der Waals surface area contributed by atoms with Crippen molar-refractivity contribution in [2.75, 3.05) is 11.9 Å². The van der Waals surface area contributed by atoms with E-state index in [0.717, 1.165) is 29.1 Å². The number of aliphatic hydroxyl groups is 1. The first-order valence-corrected chi connectivity index (χ1v) is 10.4. The molecule has 1 aliphatic heterocycles. The van der Waals surface area contributed by atoms with Crippen LogP contribution in [-0.4, -0.2) is 31.8 Å². The Hall–Kier alpha value is -3.28. The summed E-state index contributed by atoms with van der Waals surface area (Å²) in [6.07, 6.45) is 4.83. The van der Waals surface area contributed by atoms with E-state index in [0.29, 0.717) is 25.1 Å². The number of benzene rings is 1. The number of pyridine rings is 1. The van der Waals surface area contributed by atoms with Crippen molar-refractivity contribution in [2.24, 2.45) is 0 Å². The van der Waals surface area contributed by atoms with Crippen LogP contribution in [-0.2, 0) is 13.0 Å². The van der Waals surface area contributed by atoms with Gasteiger partial charge in [-0.1, -0.05) is 25.1 Å². The molecule has 1 aliphatic rings. The van der Waals surface area contributed by atoms with Crippen molar-refractivity contribution in [1.29, 1.82) is 0 Å². The van der Waals surface area contributed by atoms with Gasteiger partial charge in [0.2, 0.25) is 0 Å². The number of hydrogen-bond acceptors (Lipinski definition) is 4. The number of imidazole rings is 1. The zero-order valence-corrected chi connectivity index (χ0v) is 18.0. The number of aliphatic hydroxyl groups excluding tert-OH is 1. The van der Waals surface area contributed by atoms with E-state index in [9.17, 15) is 9.90 Å². The molecule has 6 nitrogen and oxygen atoms in total. The summed E-state index contributed by atoms with van der Waals surface area (Å²) in [6, 6.07) is 8.25. The van der Waals surface area contributed by atoms with Gasteiger partial charge in [-0.25, -0.2) is 4.98 Å². The average molecular weight is 405 g/mol. The fourth-order valence-electron chi connectivity index (χ4n) is 4.02. The quantitative estimate of drug-likeness (QED) is 0.648. The van der Waals surface area contributed by atoms with Crippen molar-refractivity contribution in [3.05, 3.63) is 76.1 Å². The van der Waals surface area contributed by atoms with Gasteiger partial charge < -0.3 is 19.7 Å². The molecule has 1 aromatic carbocycles. The SMILES string of the molecule is CCc1cccc(C)c1CNc1cc(C(=O)N2C=C(O)CC2)cn2c(C)c(C)nc12. The van der Waals surface area contributed by atoms with Crippen LogP contribution >= 0.6 is 0 Å². The van der Waals surface area contributed by atoms with Gasteiger partial charge in [-0.05, 0) is 49.9 Å². The third-order valence-electron chi connectivity index (χ3n) is 5.96. The van der Waals surface area contributed by atoms with E-state index in [4.69, 9.17) is 4.98 Å². The lowest BCUT2D eigenvalue weighted by Crippen LogP contribution is -2.24. The maximum Gasteiger partial charge on any atom is 0.259 e. The summed E-state index contributed by atoms with van der Waals surface area (Å²) in [4.78, 5) is 19.3. The van der Waals surface area contributed by atoms with Gasteiger partial charge in [0.25, 0.3) is 5.91 Å². The van der Waals surface area contributed by atoms with E-state index in [2.05, 4.69) is 37.4 Å². The molecule has 0 bridgehead atoms. The number of nitrogens with zero attached hydrogens (tertiary/aromatic N) is 3. The van der Waals surface area contributed by atoms with E-state index in [1.165, 1.54) is 22.9 Å². The lowest BCUT2D eigenvalue weighted by atomic mass is 10.00. The minimum Gasteiger partial charge on any atom is -0.511 e. The monoisotopic (exact) mass is 404 g/mol. The molecule has 1 amide bonds. The molecule has 2 N–H and O–H groups in total. The smallest absolute Gasteiger partial charge is 0.259 e. The summed E-state index contributed by atoms with van der Waals surface area (Å²) in [5.74, 6) is 0.115. The largest absolute Gasteiger partial charge is 0.511 e. The minimum absolute atomic E-state index is 0.125. The summed E-state index contributed by atoms with van der Waals surface area (Å²) in [5.41, 5.74) is 8.00. The number of aromatic nitrogens is 2. The second-order valence-electron chi connectivity index (χ2n) is 7.91. The number of hydrogen-bond donors (Lipinski definition) is 2. The third-order valence-corrected chi connectivity index (χ3v) is 5.96. The number of anilines is 1. The summed E-state index contributed by atoms with van der Waals surface area (Å²) < 4.78 is 1.98. The average Bonchev–Trinajstić information content (AvgIpc) is 3.29. The zero-order valence-electron chi connectivity index (χ0n) is 18.0. The Bertz CT molecular complexity index is 1160. The van der Waals surface area contributed by atoms with Crippen LogP contribution in [0.2, 0.25) is 0 Å². The van der Waals surface area contributed by atoms with Crippen molar-refractivity contribution >= 4 is 17.2 Å². The van der Waals surface area contributed by atoms with E-state index in [1.807, 2.05) is 30.5 Å². The fraction of sp³-hybridized carbons (Fsp3) is 0.333. The number of carbonyl (C=O) groups excluding carboxylic acids is 1. The lowest BCUT2D eigenvalue weighted by molar-refractivity contribution is 0.0832. The van der Waals surface area contributed by atoms with Crippen LogP contribution in [0, 0.1) is 20.8 Å². The molecule has 0 spiro atoms. The molecule has 3 aromatic rings. The molecule has 0 saturated carbocycles. The molecule has 6 heteroatoms. The molecular weight excluding hydrogens is 376 g/mol. The number of fused-ring (bicyclic) bond motifs is 1. The highest BCUT2D eigenvalue weighted by atomic mass is 16.3. The zero-order chi connectivity index (χ0) is 21.4. The first-order chi connectivity index (χ1) is 14.4. The molecule has 0 radical (unpaired) electrons. The molecular formula is C24H28N4O2. The first-order valence-electron chi connectivity index (χ1n) is 10.4. The number of rotatable bonds is 5. The number of amides is 1. The number of carbonyl (C=O) groups is 1. The molecule has 3 heterocycles. The Morgan fingerprint density at radius 1 is 1.27 bits per heavy atom. The van der Waals surface area contributed by atoms with Gasteiger partial charge >= 0.3 is 0 Å². The van der Waals surface area contributed by atoms with E-state index >= 15 is 0 Å². The Morgan fingerprint density at radius 3 is 2.77 bits per heavy atom. The van der Waals surface area contributed by atoms with Crippen LogP contribution in [0.15, 0.2) is 42.4 Å². The molecule has 0 aliphatic carbocycles. The van der Waals surface area contributed by atoms with Crippen LogP contribution in [0.3, 0.4) is 0 Å². The van der Waals surface area contributed by atoms with Gasteiger partial charge in [0, 0.05) is 37.6 Å². The molecule has 0 saturated heterocycles. The van der Waals surface area contributed by atoms with Crippen LogP contribution in [0.5, 0.6) is 0 Å². The highest BCUT2D eigenvalue weighted by molar-refractivity contribution is 5.97. The maximum absolute atomic E-state index is 13.0. The van der Waals surface area contributed by atoms with Gasteiger partial charge in [-0.2, -0.15) is 0 Å². The van der Waals surface area contributed by atoms with Crippen molar-refractivity contribution < 1.29 is 9.90 Å². The number of nitrogens with one attached hydrogen (secondary N) is 1. The van der Waals surface area contributed by atoms with Crippen molar-refractivity contribution in [1.82, 2.24) is 14.3 Å². The van der Waals surface area contributed by atoms with E-state index in [1.54, 1.807) is 4.90 Å². The molecule has 0 atom stereocenters. The van der Waals surface area contributed by atoms with Gasteiger partial charge in [0.1, 0.15) is 5.76 Å². The minimum atomic E-state index is -0.125. The van der Waals surface area contributed by atoms with Crippen LogP contribution in [0.1, 0.15) is 51.8 Å². The Labute approximate surface area is 176 Å². The normalized spacial score (nSPS) is 13.7. The van der Waals surface area contributed by atoms with Gasteiger partial charge in [-0.15, -0.1) is 0 Å². The lowest BCUT2D eigenvalue weighted by Gasteiger charge is -2.17. The second-order valence-corrected chi connectivity index (χ2v) is 7.91. The van der Waals surface area contributed by atoms with E-state index in [-0.39, 0.29) is 11.7 Å². The van der Waals surface area contributed by atoms with Crippen molar-refractivity contribution in [3.63, 3.8) is 0 Å². The molecule has 4 rings (SSSR count). The maximum atomic E-state index is 13.0. The van der Waals surface area contributed by atoms with Crippen LogP contribution in [0.25, 0.3) is 5.65 Å². The van der Waals surface area contributed by atoms with Gasteiger partial charge in [-0.3, -0.25) is 4.79 Å². The fourth-order valence-corrected chi connectivity index (χ4v) is 4.02. The van der Waals surface area contributed by atoms with Crippen LogP contribution in [0.4, 0.5) is 5.69 Å². The van der Waals surface area contributed by atoms with Gasteiger partial charge in [0.15, 0.2) is 5.65 Å². The highest BCUT2D eigenvalue weighted by Gasteiger charge is 2.22. The van der Waals surface area contributed by atoms with Crippen molar-refractivity contribution in [2.45, 2.75) is 47.1 Å². The van der Waals surface area contributed by atoms with Gasteiger partial charge in [0.05, 0.1) is 16.9 Å². The third kappa shape index (κ3) is 3.54. The topological polar surface area (TPSA) is 69.9 Å². The molecule has 0 unspecified atom stereocenters. The summed E-state index contributed by atoms with van der Waals surface area (Å²) in [5, 5.41) is 13.2. The summed E-state index contributed by atoms with van der Waals surface area (Å²) in [7, 11) is 0. The van der Waals surface area contributed by atoms with E-state index < -0.39 is 0 Å². The predicted molar refractivity (Wildman–Crippen MR) is 119 cm³/mol. The Balaban J connectivity index is 1.73. The molecule has 2 aromatic heterocycles. The molecule has 156 valence electrons. The summed E-state index contributed by atoms with van der Waals surface area (Å²) >= 11 is 0. The Kier molecular flexibility index (Phi) is 5.24. The first kappa shape index (κ1) is 20.0. The highest BCUT2D eigenvalue weighted by Crippen LogP contribution is 2.25. The Morgan fingerprint density at radius 2 is 2.07 bits per heavy atom. The van der Waals surface area contributed by atoms with Crippen molar-refractivity contribution in [3.8, 4) is 0 Å².